The number of imidazole rings is 1. The van der Waals surface area contributed by atoms with Crippen molar-refractivity contribution in [2.24, 2.45) is 0 Å². The molecule has 1 heterocycles. The summed E-state index contributed by atoms with van der Waals surface area (Å²) in [6.45, 7) is 1.78. The monoisotopic (exact) mass is 206 g/mol. The van der Waals surface area contributed by atoms with Gasteiger partial charge in [-0.1, -0.05) is 12.1 Å². The van der Waals surface area contributed by atoms with E-state index in [0.29, 0.717) is 5.82 Å². The molecule has 2 aromatic rings. The van der Waals surface area contributed by atoms with E-state index < -0.39 is 0 Å². The number of rotatable bonds is 2. The Hall–Kier alpha value is -1.29. The SMILES string of the molecule is CC(C(=O)S)c1nc2ccccc2[nH]1. The van der Waals surface area contributed by atoms with Crippen molar-refractivity contribution in [1.29, 1.82) is 0 Å². The van der Waals surface area contributed by atoms with Crippen LogP contribution in [0.4, 0.5) is 0 Å². The minimum Gasteiger partial charge on any atom is -0.341 e. The molecule has 0 saturated carbocycles. The minimum absolute atomic E-state index is 0.177. The zero-order valence-corrected chi connectivity index (χ0v) is 8.58. The van der Waals surface area contributed by atoms with Crippen LogP contribution in [0.2, 0.25) is 0 Å². The lowest BCUT2D eigenvalue weighted by Crippen LogP contribution is -2.03. The number of fused-ring (bicyclic) bond motifs is 1. The minimum atomic E-state index is -0.286. The van der Waals surface area contributed by atoms with Gasteiger partial charge in [-0.3, -0.25) is 4.79 Å². The van der Waals surface area contributed by atoms with Crippen LogP contribution >= 0.6 is 12.6 Å². The molecule has 0 bridgehead atoms. The fraction of sp³-hybridized carbons (Fsp3) is 0.200. The molecule has 3 nitrogen and oxygen atoms in total. The molecule has 14 heavy (non-hydrogen) atoms. The van der Waals surface area contributed by atoms with Gasteiger partial charge in [0, 0.05) is 0 Å². The van der Waals surface area contributed by atoms with E-state index in [0.717, 1.165) is 11.0 Å². The summed E-state index contributed by atoms with van der Waals surface area (Å²) in [6.07, 6.45) is 0. The summed E-state index contributed by atoms with van der Waals surface area (Å²) in [4.78, 5) is 18.4. The van der Waals surface area contributed by atoms with Gasteiger partial charge in [-0.15, -0.1) is 12.6 Å². The molecule has 1 aromatic carbocycles. The zero-order valence-electron chi connectivity index (χ0n) is 7.69. The van der Waals surface area contributed by atoms with Gasteiger partial charge in [0.15, 0.2) is 5.12 Å². The van der Waals surface area contributed by atoms with Gasteiger partial charge in [-0.05, 0) is 19.1 Å². The molecule has 0 fully saturated rings. The number of H-pyrrole nitrogens is 1. The molecule has 0 aliphatic rings. The van der Waals surface area contributed by atoms with Gasteiger partial charge in [0.1, 0.15) is 5.82 Å². The van der Waals surface area contributed by atoms with Crippen molar-refractivity contribution in [3.05, 3.63) is 30.1 Å². The van der Waals surface area contributed by atoms with Crippen LogP contribution in [-0.4, -0.2) is 15.1 Å². The highest BCUT2D eigenvalue weighted by atomic mass is 32.1. The first-order valence-corrected chi connectivity index (χ1v) is 4.80. The van der Waals surface area contributed by atoms with Gasteiger partial charge in [-0.2, -0.15) is 0 Å². The van der Waals surface area contributed by atoms with Gasteiger partial charge >= 0.3 is 0 Å². The van der Waals surface area contributed by atoms with Gasteiger partial charge < -0.3 is 4.98 Å². The number of carbonyl (C=O) groups is 1. The molecule has 72 valence electrons. The third-order valence-corrected chi connectivity index (χ3v) is 2.58. The van der Waals surface area contributed by atoms with Crippen LogP contribution in [0.25, 0.3) is 11.0 Å². The van der Waals surface area contributed by atoms with Crippen LogP contribution in [0, 0.1) is 0 Å². The summed E-state index contributed by atoms with van der Waals surface area (Å²) in [7, 11) is 0. The van der Waals surface area contributed by atoms with Gasteiger partial charge in [-0.25, -0.2) is 4.98 Å². The number of carbonyl (C=O) groups excluding carboxylic acids is 1. The Labute approximate surface area is 87.0 Å². The van der Waals surface area contributed by atoms with Crippen LogP contribution in [0.3, 0.4) is 0 Å². The Balaban J connectivity index is 2.50. The van der Waals surface area contributed by atoms with Crippen molar-refractivity contribution in [3.8, 4) is 0 Å². The summed E-state index contributed by atoms with van der Waals surface area (Å²) in [5.41, 5.74) is 1.83. The lowest BCUT2D eigenvalue weighted by atomic mass is 10.2. The van der Waals surface area contributed by atoms with Crippen LogP contribution < -0.4 is 0 Å². The standard InChI is InChI=1S/C10H10N2OS/c1-6(10(13)14)9-11-7-4-2-3-5-8(7)12-9/h2-6H,1H3,(H,11,12)(H,13,14). The second kappa shape index (κ2) is 3.46. The average molecular weight is 206 g/mol. The second-order valence-corrected chi connectivity index (χ2v) is 3.64. The number of para-hydroxylation sites is 2. The first-order chi connectivity index (χ1) is 6.68. The fourth-order valence-corrected chi connectivity index (χ4v) is 1.42. The highest BCUT2D eigenvalue weighted by molar-refractivity contribution is 7.96. The number of nitrogens with zero attached hydrogens (tertiary/aromatic N) is 1. The van der Waals surface area contributed by atoms with Crippen molar-refractivity contribution in [2.45, 2.75) is 12.8 Å². The molecule has 0 radical (unpaired) electrons. The molecule has 0 spiro atoms. The first-order valence-electron chi connectivity index (χ1n) is 4.36. The smallest absolute Gasteiger partial charge is 0.196 e. The van der Waals surface area contributed by atoms with E-state index in [9.17, 15) is 4.79 Å². The third-order valence-electron chi connectivity index (χ3n) is 2.19. The van der Waals surface area contributed by atoms with Gasteiger partial charge in [0.25, 0.3) is 0 Å². The highest BCUT2D eigenvalue weighted by Gasteiger charge is 2.15. The molecule has 2 rings (SSSR count). The van der Waals surface area contributed by atoms with Crippen molar-refractivity contribution < 1.29 is 4.79 Å². The summed E-state index contributed by atoms with van der Waals surface area (Å²) in [5, 5.41) is -0.177. The summed E-state index contributed by atoms with van der Waals surface area (Å²) >= 11 is 3.79. The number of nitrogens with one attached hydrogen (secondary N) is 1. The molecule has 0 amide bonds. The number of benzene rings is 1. The van der Waals surface area contributed by atoms with Crippen LogP contribution in [0.5, 0.6) is 0 Å². The maximum Gasteiger partial charge on any atom is 0.196 e. The Morgan fingerprint density at radius 2 is 2.21 bits per heavy atom. The maximum atomic E-state index is 11.0. The predicted octanol–water partition coefficient (Wildman–Crippen LogP) is 2.12. The van der Waals surface area contributed by atoms with Crippen LogP contribution in [0.15, 0.2) is 24.3 Å². The van der Waals surface area contributed by atoms with Crippen LogP contribution in [0.1, 0.15) is 18.7 Å². The van der Waals surface area contributed by atoms with E-state index >= 15 is 0 Å². The summed E-state index contributed by atoms with van der Waals surface area (Å²) in [6, 6.07) is 7.68. The number of hydrogen-bond donors (Lipinski definition) is 2. The van der Waals surface area contributed by atoms with Crippen molar-refractivity contribution in [2.75, 3.05) is 0 Å². The lowest BCUT2D eigenvalue weighted by molar-refractivity contribution is -0.111. The van der Waals surface area contributed by atoms with E-state index in [2.05, 4.69) is 22.6 Å². The first kappa shape index (κ1) is 9.27. The largest absolute Gasteiger partial charge is 0.341 e. The third kappa shape index (κ3) is 1.53. The second-order valence-electron chi connectivity index (χ2n) is 3.20. The van der Waals surface area contributed by atoms with E-state index in [4.69, 9.17) is 0 Å². The molecule has 1 unspecified atom stereocenters. The van der Waals surface area contributed by atoms with Gasteiger partial charge in [0.2, 0.25) is 0 Å². The topological polar surface area (TPSA) is 45.8 Å². The van der Waals surface area contributed by atoms with E-state index in [-0.39, 0.29) is 11.0 Å². The normalized spacial score (nSPS) is 13.0. The Kier molecular flexibility index (Phi) is 2.29. The quantitative estimate of drug-likeness (QED) is 0.739. The highest BCUT2D eigenvalue weighted by Crippen LogP contribution is 2.18. The molecule has 1 atom stereocenters. The predicted molar refractivity (Wildman–Crippen MR) is 58.5 cm³/mol. The zero-order chi connectivity index (χ0) is 10.1. The average Bonchev–Trinajstić information content (AvgIpc) is 2.59. The number of thiol groups is 1. The fourth-order valence-electron chi connectivity index (χ4n) is 1.29. The molecule has 0 aliphatic heterocycles. The number of hydrogen-bond acceptors (Lipinski definition) is 2. The molecular weight excluding hydrogens is 196 g/mol. The summed E-state index contributed by atoms with van der Waals surface area (Å²) in [5.74, 6) is 0.386. The van der Waals surface area contributed by atoms with E-state index in [1.165, 1.54) is 0 Å². The molecule has 1 aromatic heterocycles. The van der Waals surface area contributed by atoms with Crippen molar-refractivity contribution in [1.82, 2.24) is 9.97 Å². The van der Waals surface area contributed by atoms with Gasteiger partial charge in [0.05, 0.1) is 17.0 Å². The van der Waals surface area contributed by atoms with E-state index in [1.807, 2.05) is 24.3 Å². The van der Waals surface area contributed by atoms with Crippen molar-refractivity contribution in [3.63, 3.8) is 0 Å². The Morgan fingerprint density at radius 3 is 2.86 bits per heavy atom. The van der Waals surface area contributed by atoms with Crippen LogP contribution in [-0.2, 0) is 4.79 Å². The van der Waals surface area contributed by atoms with E-state index in [1.54, 1.807) is 6.92 Å². The number of aromatic nitrogens is 2. The Morgan fingerprint density at radius 1 is 1.50 bits per heavy atom. The molecule has 0 aliphatic carbocycles. The molecule has 1 N–H and O–H groups in total. The lowest BCUT2D eigenvalue weighted by Gasteiger charge is -2.00. The molecule has 0 saturated heterocycles. The summed E-state index contributed by atoms with van der Waals surface area (Å²) < 4.78 is 0. The Bertz CT molecular complexity index is 445. The van der Waals surface area contributed by atoms with Crippen molar-refractivity contribution >= 4 is 28.8 Å². The maximum absolute atomic E-state index is 11.0. The molecule has 4 heteroatoms. The molecular formula is C10H10N2OS. The number of aromatic amines is 1.